The van der Waals surface area contributed by atoms with Gasteiger partial charge in [-0.2, -0.15) is 0 Å². The lowest BCUT2D eigenvalue weighted by molar-refractivity contribution is -0.142. The SMILES string of the molecule is CN(C)C(C(=O)O)c1cnc[nH]1. The molecule has 0 amide bonds. The maximum Gasteiger partial charge on any atom is 0.327 e. The summed E-state index contributed by atoms with van der Waals surface area (Å²) in [5.41, 5.74) is 0.590. The quantitative estimate of drug-likeness (QED) is 0.673. The number of carbonyl (C=O) groups is 1. The van der Waals surface area contributed by atoms with Crippen molar-refractivity contribution in [1.29, 1.82) is 0 Å². The van der Waals surface area contributed by atoms with E-state index in [1.807, 2.05) is 0 Å². The van der Waals surface area contributed by atoms with Crippen LogP contribution in [0, 0.1) is 0 Å². The van der Waals surface area contributed by atoms with E-state index in [2.05, 4.69) is 9.97 Å². The van der Waals surface area contributed by atoms with Crippen molar-refractivity contribution in [3.05, 3.63) is 18.2 Å². The maximum absolute atomic E-state index is 10.7. The number of hydrogen-bond acceptors (Lipinski definition) is 3. The van der Waals surface area contributed by atoms with Crippen molar-refractivity contribution in [2.75, 3.05) is 14.1 Å². The van der Waals surface area contributed by atoms with Crippen molar-refractivity contribution in [2.45, 2.75) is 6.04 Å². The van der Waals surface area contributed by atoms with Gasteiger partial charge in [-0.05, 0) is 14.1 Å². The summed E-state index contributed by atoms with van der Waals surface area (Å²) in [6.07, 6.45) is 2.98. The highest BCUT2D eigenvalue weighted by Gasteiger charge is 2.22. The number of aromatic amines is 1. The Hall–Kier alpha value is -1.36. The molecular formula is C7H11N3O2. The van der Waals surface area contributed by atoms with Crippen LogP contribution in [-0.4, -0.2) is 40.0 Å². The van der Waals surface area contributed by atoms with Crippen LogP contribution >= 0.6 is 0 Å². The van der Waals surface area contributed by atoms with Crippen molar-refractivity contribution in [3.63, 3.8) is 0 Å². The van der Waals surface area contributed by atoms with Crippen LogP contribution < -0.4 is 0 Å². The van der Waals surface area contributed by atoms with E-state index in [1.165, 1.54) is 12.5 Å². The number of nitrogens with zero attached hydrogens (tertiary/aromatic N) is 2. The van der Waals surface area contributed by atoms with Gasteiger partial charge < -0.3 is 10.1 Å². The molecule has 0 saturated heterocycles. The van der Waals surface area contributed by atoms with Crippen molar-refractivity contribution in [3.8, 4) is 0 Å². The highest BCUT2D eigenvalue weighted by atomic mass is 16.4. The Morgan fingerprint density at radius 3 is 2.75 bits per heavy atom. The Morgan fingerprint density at radius 2 is 2.42 bits per heavy atom. The summed E-state index contributed by atoms with van der Waals surface area (Å²) in [5, 5.41) is 8.83. The minimum Gasteiger partial charge on any atom is -0.480 e. The van der Waals surface area contributed by atoms with Crippen LogP contribution in [0.25, 0.3) is 0 Å². The molecule has 5 heteroatoms. The van der Waals surface area contributed by atoms with Crippen LogP contribution in [0.4, 0.5) is 0 Å². The van der Waals surface area contributed by atoms with Gasteiger partial charge in [-0.1, -0.05) is 0 Å². The van der Waals surface area contributed by atoms with Crippen LogP contribution in [0.2, 0.25) is 0 Å². The third kappa shape index (κ3) is 1.62. The molecule has 0 fully saturated rings. The molecule has 1 unspecified atom stereocenters. The van der Waals surface area contributed by atoms with E-state index >= 15 is 0 Å². The minimum absolute atomic E-state index is 0.590. The van der Waals surface area contributed by atoms with E-state index < -0.39 is 12.0 Å². The number of imidazole rings is 1. The van der Waals surface area contributed by atoms with Crippen LogP contribution in [0.5, 0.6) is 0 Å². The topological polar surface area (TPSA) is 69.2 Å². The zero-order valence-corrected chi connectivity index (χ0v) is 6.98. The lowest BCUT2D eigenvalue weighted by atomic mass is 10.2. The van der Waals surface area contributed by atoms with E-state index in [1.54, 1.807) is 19.0 Å². The third-order valence-corrected chi connectivity index (χ3v) is 1.56. The standard InChI is InChI=1S/C7H11N3O2/c1-10(2)6(7(11)12)5-3-8-4-9-5/h3-4,6H,1-2H3,(H,8,9)(H,11,12). The normalized spacial score (nSPS) is 13.2. The van der Waals surface area contributed by atoms with Crippen molar-refractivity contribution in [2.24, 2.45) is 0 Å². The summed E-state index contributed by atoms with van der Waals surface area (Å²) in [4.78, 5) is 18.9. The summed E-state index contributed by atoms with van der Waals surface area (Å²) in [7, 11) is 3.42. The minimum atomic E-state index is -0.885. The van der Waals surface area contributed by atoms with E-state index in [0.29, 0.717) is 5.69 Å². The second-order valence-corrected chi connectivity index (χ2v) is 2.71. The lowest BCUT2D eigenvalue weighted by Crippen LogP contribution is -2.27. The Bertz CT molecular complexity index is 256. The van der Waals surface area contributed by atoms with Gasteiger partial charge in [-0.3, -0.25) is 9.69 Å². The lowest BCUT2D eigenvalue weighted by Gasteiger charge is -2.17. The molecule has 0 saturated carbocycles. The molecule has 0 spiro atoms. The predicted molar refractivity (Wildman–Crippen MR) is 42.7 cm³/mol. The molecule has 1 rings (SSSR count). The number of likely N-dealkylation sites (N-methyl/N-ethyl adjacent to an activating group) is 1. The molecular weight excluding hydrogens is 158 g/mol. The highest BCUT2D eigenvalue weighted by molar-refractivity contribution is 5.74. The molecule has 1 aromatic rings. The second-order valence-electron chi connectivity index (χ2n) is 2.71. The average Bonchev–Trinajstić information content (AvgIpc) is 2.37. The van der Waals surface area contributed by atoms with Crippen molar-refractivity contribution in [1.82, 2.24) is 14.9 Å². The Kier molecular flexibility index (Phi) is 2.44. The van der Waals surface area contributed by atoms with Crippen molar-refractivity contribution < 1.29 is 9.90 Å². The first-order chi connectivity index (χ1) is 5.63. The third-order valence-electron chi connectivity index (χ3n) is 1.56. The molecule has 66 valence electrons. The molecule has 0 aliphatic heterocycles. The van der Waals surface area contributed by atoms with Gasteiger partial charge in [0, 0.05) is 0 Å². The fourth-order valence-corrected chi connectivity index (χ4v) is 1.05. The highest BCUT2D eigenvalue weighted by Crippen LogP contribution is 2.14. The van der Waals surface area contributed by atoms with Gasteiger partial charge in [0.25, 0.3) is 0 Å². The smallest absolute Gasteiger partial charge is 0.327 e. The number of H-pyrrole nitrogens is 1. The predicted octanol–water partition coefficient (Wildman–Crippen LogP) is 0.0970. The van der Waals surface area contributed by atoms with Gasteiger partial charge in [0.15, 0.2) is 0 Å². The van der Waals surface area contributed by atoms with Gasteiger partial charge in [0.2, 0.25) is 0 Å². The van der Waals surface area contributed by atoms with Gasteiger partial charge in [-0.15, -0.1) is 0 Å². The largest absolute Gasteiger partial charge is 0.480 e. The zero-order chi connectivity index (χ0) is 9.14. The summed E-state index contributed by atoms with van der Waals surface area (Å²) >= 11 is 0. The number of hydrogen-bond donors (Lipinski definition) is 2. The van der Waals surface area contributed by atoms with E-state index in [0.717, 1.165) is 0 Å². The van der Waals surface area contributed by atoms with Crippen LogP contribution in [0.1, 0.15) is 11.7 Å². The summed E-state index contributed by atoms with van der Waals surface area (Å²) < 4.78 is 0. The molecule has 12 heavy (non-hydrogen) atoms. The fraction of sp³-hybridized carbons (Fsp3) is 0.429. The maximum atomic E-state index is 10.7. The number of carboxylic acids is 1. The number of nitrogens with one attached hydrogen (secondary N) is 1. The first kappa shape index (κ1) is 8.73. The summed E-state index contributed by atoms with van der Waals surface area (Å²) in [6, 6.07) is -0.646. The van der Waals surface area contributed by atoms with Gasteiger partial charge in [0.05, 0.1) is 18.2 Å². The van der Waals surface area contributed by atoms with Crippen LogP contribution in [0.15, 0.2) is 12.5 Å². The first-order valence-corrected chi connectivity index (χ1v) is 3.50. The molecule has 1 aromatic heterocycles. The molecule has 1 atom stereocenters. The second kappa shape index (κ2) is 3.36. The Labute approximate surface area is 70.0 Å². The van der Waals surface area contributed by atoms with Gasteiger partial charge in [0.1, 0.15) is 6.04 Å². The average molecular weight is 169 g/mol. The summed E-state index contributed by atoms with van der Waals surface area (Å²) in [5.74, 6) is -0.885. The number of aliphatic carboxylic acids is 1. The van der Waals surface area contributed by atoms with E-state index in [4.69, 9.17) is 5.11 Å². The molecule has 5 nitrogen and oxygen atoms in total. The first-order valence-electron chi connectivity index (χ1n) is 3.50. The monoisotopic (exact) mass is 169 g/mol. The fourth-order valence-electron chi connectivity index (χ4n) is 1.05. The van der Waals surface area contributed by atoms with E-state index in [-0.39, 0.29) is 0 Å². The van der Waals surface area contributed by atoms with Crippen LogP contribution in [0.3, 0.4) is 0 Å². The molecule has 1 heterocycles. The van der Waals surface area contributed by atoms with E-state index in [9.17, 15) is 4.79 Å². The molecule has 0 aliphatic rings. The van der Waals surface area contributed by atoms with Crippen molar-refractivity contribution >= 4 is 5.97 Å². The zero-order valence-electron chi connectivity index (χ0n) is 6.98. The summed E-state index contributed by atoms with van der Waals surface area (Å²) in [6.45, 7) is 0. The molecule has 2 N–H and O–H groups in total. The molecule has 0 aliphatic carbocycles. The molecule has 0 bridgehead atoms. The number of carboxylic acid groups (broad SMARTS) is 1. The Morgan fingerprint density at radius 1 is 1.75 bits per heavy atom. The number of rotatable bonds is 3. The Balaban J connectivity index is 2.88. The van der Waals surface area contributed by atoms with Gasteiger partial charge in [-0.25, -0.2) is 4.98 Å². The molecule has 0 aromatic carbocycles. The van der Waals surface area contributed by atoms with Crippen LogP contribution in [-0.2, 0) is 4.79 Å². The number of aromatic nitrogens is 2. The molecule has 0 radical (unpaired) electrons. The van der Waals surface area contributed by atoms with Gasteiger partial charge >= 0.3 is 5.97 Å².